The molecule has 2 N–H and O–H groups in total. The van der Waals surface area contributed by atoms with E-state index in [0.29, 0.717) is 28.7 Å². The van der Waals surface area contributed by atoms with Gasteiger partial charge in [0.1, 0.15) is 5.75 Å². The molecule has 8 heteroatoms. The van der Waals surface area contributed by atoms with Crippen LogP contribution in [0.15, 0.2) is 53.0 Å². The van der Waals surface area contributed by atoms with E-state index in [1.165, 1.54) is 30.6 Å². The highest BCUT2D eigenvalue weighted by Gasteiger charge is 2.27. The summed E-state index contributed by atoms with van der Waals surface area (Å²) in [5.74, 6) is 2.01. The van der Waals surface area contributed by atoms with E-state index in [0.717, 1.165) is 28.8 Å². The summed E-state index contributed by atoms with van der Waals surface area (Å²) in [6.45, 7) is 0. The van der Waals surface area contributed by atoms with Crippen LogP contribution in [0.3, 0.4) is 0 Å². The summed E-state index contributed by atoms with van der Waals surface area (Å²) < 4.78 is 5.97. The van der Waals surface area contributed by atoms with Crippen molar-refractivity contribution in [3.8, 4) is 22.9 Å². The van der Waals surface area contributed by atoms with Gasteiger partial charge in [0.05, 0.1) is 17.3 Å². The number of aliphatic imine (C=N–C) groups is 1. The zero-order chi connectivity index (χ0) is 19.6. The van der Waals surface area contributed by atoms with E-state index in [4.69, 9.17) is 26.3 Å². The maximum Gasteiger partial charge on any atom is 0.228 e. The maximum atomic E-state index is 5.97. The molecule has 1 aromatic carbocycles. The van der Waals surface area contributed by atoms with Gasteiger partial charge in [-0.3, -0.25) is 0 Å². The Morgan fingerprint density at radius 2 is 2.07 bits per heavy atom. The fraction of sp³-hybridized carbons (Fsp3) is 0.286. The van der Waals surface area contributed by atoms with Crippen LogP contribution in [0.25, 0.3) is 11.3 Å². The number of aromatic nitrogens is 2. The van der Waals surface area contributed by atoms with Crippen molar-refractivity contribution in [2.45, 2.75) is 37.8 Å². The van der Waals surface area contributed by atoms with Gasteiger partial charge in [0.15, 0.2) is 11.1 Å². The van der Waals surface area contributed by atoms with Crippen LogP contribution in [0.4, 0.5) is 5.13 Å². The maximum absolute atomic E-state index is 5.97. The highest BCUT2D eigenvalue weighted by molar-refractivity contribution is 7.14. The summed E-state index contributed by atoms with van der Waals surface area (Å²) in [5, 5.41) is 10.3. The van der Waals surface area contributed by atoms with Crippen LogP contribution in [-0.4, -0.2) is 28.0 Å². The first-order valence-corrected chi connectivity index (χ1v) is 10.9. The van der Waals surface area contributed by atoms with Crippen LogP contribution >= 0.6 is 22.9 Å². The Hall–Kier alpha value is -2.64. The molecule has 5 rings (SSSR count). The van der Waals surface area contributed by atoms with Crippen LogP contribution in [-0.2, 0) is 0 Å². The Bertz CT molecular complexity index is 1040. The molecule has 6 nitrogen and oxygen atoms in total. The number of ether oxygens (including phenoxy) is 1. The molecular weight excluding hydrogens is 406 g/mol. The first kappa shape index (κ1) is 18.4. The van der Waals surface area contributed by atoms with Crippen molar-refractivity contribution in [1.29, 1.82) is 0 Å². The third-order valence-corrected chi connectivity index (χ3v) is 6.11. The average Bonchev–Trinajstić information content (AvgIpc) is 3.18. The van der Waals surface area contributed by atoms with Crippen LogP contribution in [0, 0.1) is 0 Å². The molecule has 2 aliphatic rings. The van der Waals surface area contributed by atoms with Gasteiger partial charge in [-0.05, 0) is 62.1 Å². The molecule has 2 unspecified atom stereocenters. The van der Waals surface area contributed by atoms with Gasteiger partial charge in [0.2, 0.25) is 5.88 Å². The second-order valence-electron chi connectivity index (χ2n) is 7.21. The predicted molar refractivity (Wildman–Crippen MR) is 117 cm³/mol. The molecule has 1 fully saturated rings. The number of hydrogen-bond acceptors (Lipinski definition) is 7. The molecule has 3 heterocycles. The van der Waals surface area contributed by atoms with Crippen molar-refractivity contribution in [3.63, 3.8) is 0 Å². The molecule has 1 aliphatic carbocycles. The number of guanidine groups is 1. The summed E-state index contributed by atoms with van der Waals surface area (Å²) in [6, 6.07) is 12.0. The Morgan fingerprint density at radius 3 is 2.93 bits per heavy atom. The zero-order valence-electron chi connectivity index (χ0n) is 15.6. The third-order valence-electron chi connectivity index (χ3n) is 5.10. The number of thiazole rings is 1. The van der Waals surface area contributed by atoms with E-state index in [1.54, 1.807) is 18.3 Å². The average molecular weight is 426 g/mol. The molecule has 3 aromatic rings. The van der Waals surface area contributed by atoms with E-state index in [2.05, 4.69) is 15.6 Å². The number of halogens is 1. The van der Waals surface area contributed by atoms with Crippen LogP contribution in [0.2, 0.25) is 5.02 Å². The second kappa shape index (κ2) is 8.00. The van der Waals surface area contributed by atoms with Crippen LogP contribution in [0.1, 0.15) is 25.7 Å². The molecule has 2 bridgehead atoms. The van der Waals surface area contributed by atoms with Crippen LogP contribution in [0.5, 0.6) is 11.6 Å². The summed E-state index contributed by atoms with van der Waals surface area (Å²) >= 11 is 7.49. The van der Waals surface area contributed by atoms with Crippen molar-refractivity contribution >= 4 is 34.0 Å². The van der Waals surface area contributed by atoms with E-state index in [1.807, 2.05) is 29.6 Å². The summed E-state index contributed by atoms with van der Waals surface area (Å²) in [5.41, 5.74) is 1.65. The van der Waals surface area contributed by atoms with E-state index in [-0.39, 0.29) is 0 Å². The summed E-state index contributed by atoms with van der Waals surface area (Å²) in [6.07, 6.45) is 6.47. The quantitative estimate of drug-likeness (QED) is 0.590. The van der Waals surface area contributed by atoms with Crippen molar-refractivity contribution in [1.82, 2.24) is 15.3 Å². The van der Waals surface area contributed by atoms with Crippen molar-refractivity contribution in [2.24, 2.45) is 4.99 Å². The SMILES string of the molecule is Clc1ccc(Oc2ncccc2-c2csc(NC3=NC4CCCC(C4)N3)n2)cc1. The highest BCUT2D eigenvalue weighted by atomic mass is 35.5. The van der Waals surface area contributed by atoms with E-state index in [9.17, 15) is 0 Å². The Balaban J connectivity index is 1.35. The summed E-state index contributed by atoms with van der Waals surface area (Å²) in [4.78, 5) is 13.9. The van der Waals surface area contributed by atoms with Gasteiger partial charge in [0, 0.05) is 22.6 Å². The lowest BCUT2D eigenvalue weighted by Gasteiger charge is -2.33. The molecule has 0 saturated heterocycles. The minimum Gasteiger partial charge on any atom is -0.438 e. The normalized spacial score (nSPS) is 20.5. The molecular formula is C21H20ClN5OS. The number of rotatable bonds is 4. The number of hydrogen-bond donors (Lipinski definition) is 2. The van der Waals surface area contributed by atoms with E-state index < -0.39 is 0 Å². The van der Waals surface area contributed by atoms with Gasteiger partial charge in [-0.1, -0.05) is 11.6 Å². The molecule has 0 amide bonds. The van der Waals surface area contributed by atoms with Gasteiger partial charge in [0.25, 0.3) is 0 Å². The minimum absolute atomic E-state index is 0.426. The zero-order valence-corrected chi connectivity index (χ0v) is 17.2. The largest absolute Gasteiger partial charge is 0.438 e. The van der Waals surface area contributed by atoms with Crippen molar-refractivity contribution < 1.29 is 4.74 Å². The first-order valence-electron chi connectivity index (χ1n) is 9.68. The number of benzene rings is 1. The van der Waals surface area contributed by atoms with Crippen LogP contribution < -0.4 is 15.4 Å². The Morgan fingerprint density at radius 1 is 1.17 bits per heavy atom. The Kier molecular flexibility index (Phi) is 5.08. The molecule has 1 saturated carbocycles. The molecule has 1 aliphatic heterocycles. The van der Waals surface area contributed by atoms with Gasteiger partial charge in [-0.25, -0.2) is 15.0 Å². The fourth-order valence-corrected chi connectivity index (χ4v) is 4.57. The predicted octanol–water partition coefficient (Wildman–Crippen LogP) is 5.33. The van der Waals surface area contributed by atoms with Gasteiger partial charge in [-0.15, -0.1) is 11.3 Å². The Labute approximate surface area is 178 Å². The lowest BCUT2D eigenvalue weighted by molar-refractivity contribution is 0.352. The van der Waals surface area contributed by atoms with Gasteiger partial charge >= 0.3 is 0 Å². The molecule has 29 heavy (non-hydrogen) atoms. The fourth-order valence-electron chi connectivity index (χ4n) is 3.73. The molecule has 0 radical (unpaired) electrons. The summed E-state index contributed by atoms with van der Waals surface area (Å²) in [7, 11) is 0. The lowest BCUT2D eigenvalue weighted by atomic mass is 9.90. The lowest BCUT2D eigenvalue weighted by Crippen LogP contribution is -2.47. The number of anilines is 1. The first-order chi connectivity index (χ1) is 14.2. The number of pyridine rings is 1. The second-order valence-corrected chi connectivity index (χ2v) is 8.51. The monoisotopic (exact) mass is 425 g/mol. The molecule has 2 atom stereocenters. The number of nitrogens with zero attached hydrogens (tertiary/aromatic N) is 3. The topological polar surface area (TPSA) is 71.4 Å². The smallest absolute Gasteiger partial charge is 0.228 e. The minimum atomic E-state index is 0.426. The molecule has 0 spiro atoms. The van der Waals surface area contributed by atoms with Gasteiger partial charge in [-0.2, -0.15) is 0 Å². The standard InChI is InChI=1S/C21H20ClN5OS/c22-13-6-8-16(9-7-13)28-19-17(5-2-10-23-19)18-12-29-21(26-18)27-20-24-14-3-1-4-15(11-14)25-20/h2,5-10,12,14-15H,1,3-4,11H2,(H2,24,25,26,27). The van der Waals surface area contributed by atoms with Crippen molar-refractivity contribution in [3.05, 3.63) is 53.0 Å². The molecule has 2 aromatic heterocycles. The third kappa shape index (κ3) is 4.21. The van der Waals surface area contributed by atoms with Gasteiger partial charge < -0.3 is 15.4 Å². The number of fused-ring (bicyclic) bond motifs is 2. The van der Waals surface area contributed by atoms with E-state index >= 15 is 0 Å². The molecule has 148 valence electrons. The highest BCUT2D eigenvalue weighted by Crippen LogP contribution is 2.33. The number of nitrogens with one attached hydrogen (secondary N) is 2. The van der Waals surface area contributed by atoms with Crippen molar-refractivity contribution in [2.75, 3.05) is 5.32 Å².